The van der Waals surface area contributed by atoms with E-state index >= 15 is 0 Å². The van der Waals surface area contributed by atoms with Crippen molar-refractivity contribution in [1.29, 1.82) is 0 Å². The number of hydrogen-bond acceptors (Lipinski definition) is 3. The zero-order chi connectivity index (χ0) is 13.8. The van der Waals surface area contributed by atoms with Crippen LogP contribution in [0.1, 0.15) is 25.1 Å². The lowest BCUT2D eigenvalue weighted by molar-refractivity contribution is 0.202. The number of carbonyl (C=O) groups is 1. The van der Waals surface area contributed by atoms with Gasteiger partial charge in [0.2, 0.25) is 0 Å². The number of aryl methyl sites for hydroxylation is 1. The van der Waals surface area contributed by atoms with Crippen molar-refractivity contribution in [3.8, 4) is 0 Å². The molecule has 0 saturated carbocycles. The maximum atomic E-state index is 11.9. The number of hydrogen-bond donors (Lipinski definition) is 1. The fourth-order valence-corrected chi connectivity index (χ4v) is 2.01. The highest BCUT2D eigenvalue weighted by molar-refractivity contribution is 5.81. The van der Waals surface area contributed by atoms with Gasteiger partial charge in [-0.25, -0.2) is 4.79 Å². The largest absolute Gasteiger partial charge is 0.356 e. The molecule has 0 saturated heterocycles. The number of rotatable bonds is 4. The van der Waals surface area contributed by atoms with Crippen molar-refractivity contribution in [3.05, 3.63) is 29.5 Å². The van der Waals surface area contributed by atoms with Crippen LogP contribution in [0, 0.1) is 6.92 Å². The first kappa shape index (κ1) is 13.4. The highest BCUT2D eigenvalue weighted by atomic mass is 16.5. The first-order valence-electron chi connectivity index (χ1n) is 6.53. The van der Waals surface area contributed by atoms with Crippen LogP contribution in [0.25, 0.3) is 11.0 Å². The molecule has 0 aliphatic carbocycles. The van der Waals surface area contributed by atoms with Gasteiger partial charge in [-0.05, 0) is 32.9 Å². The Balaban J connectivity index is 2.10. The highest BCUT2D eigenvalue weighted by Gasteiger charge is 2.12. The molecule has 1 N–H and O–H groups in total. The third kappa shape index (κ3) is 2.86. The number of nitrogens with one attached hydrogen (secondary N) is 1. The second-order valence-electron chi connectivity index (χ2n) is 4.46. The van der Waals surface area contributed by atoms with E-state index in [9.17, 15) is 4.79 Å². The lowest BCUT2D eigenvalue weighted by atomic mass is 10.1. The van der Waals surface area contributed by atoms with E-state index in [0.29, 0.717) is 19.6 Å². The summed E-state index contributed by atoms with van der Waals surface area (Å²) in [6.07, 6.45) is 0. The molecule has 1 aromatic heterocycles. The maximum absolute atomic E-state index is 11.9. The second-order valence-corrected chi connectivity index (χ2v) is 4.46. The third-order valence-electron chi connectivity index (χ3n) is 3.16. The summed E-state index contributed by atoms with van der Waals surface area (Å²) in [6, 6.07) is 5.82. The summed E-state index contributed by atoms with van der Waals surface area (Å²) in [6.45, 7) is 7.70. The van der Waals surface area contributed by atoms with E-state index in [1.54, 1.807) is 4.90 Å². The molecule has 0 fully saturated rings. The van der Waals surface area contributed by atoms with Gasteiger partial charge in [-0.3, -0.25) is 0 Å². The minimum Gasteiger partial charge on any atom is -0.356 e. The van der Waals surface area contributed by atoms with Crippen LogP contribution in [0.4, 0.5) is 4.79 Å². The molecule has 0 bridgehead atoms. The van der Waals surface area contributed by atoms with Crippen LogP contribution in [0.5, 0.6) is 0 Å². The minimum atomic E-state index is -0.0752. The molecule has 5 nitrogen and oxygen atoms in total. The van der Waals surface area contributed by atoms with Crippen molar-refractivity contribution in [2.45, 2.75) is 27.3 Å². The topological polar surface area (TPSA) is 58.4 Å². The van der Waals surface area contributed by atoms with E-state index in [-0.39, 0.29) is 6.03 Å². The van der Waals surface area contributed by atoms with Crippen molar-refractivity contribution in [2.75, 3.05) is 13.1 Å². The molecule has 0 aliphatic rings. The monoisotopic (exact) mass is 261 g/mol. The smallest absolute Gasteiger partial charge is 0.317 e. The summed E-state index contributed by atoms with van der Waals surface area (Å²) < 4.78 is 5.23. The van der Waals surface area contributed by atoms with Gasteiger partial charge in [0.15, 0.2) is 5.58 Å². The van der Waals surface area contributed by atoms with Crippen molar-refractivity contribution in [1.82, 2.24) is 15.4 Å². The fourth-order valence-electron chi connectivity index (χ4n) is 2.01. The molecule has 0 radical (unpaired) electrons. The lowest BCUT2D eigenvalue weighted by Gasteiger charge is -2.18. The van der Waals surface area contributed by atoms with Gasteiger partial charge in [-0.1, -0.05) is 16.8 Å². The average Bonchev–Trinajstić information content (AvgIpc) is 2.80. The first-order valence-corrected chi connectivity index (χ1v) is 6.53. The fraction of sp³-hybridized carbons (Fsp3) is 0.429. The number of fused-ring (bicyclic) bond motifs is 1. The Morgan fingerprint density at radius 2 is 2.11 bits per heavy atom. The van der Waals surface area contributed by atoms with Gasteiger partial charge < -0.3 is 14.7 Å². The van der Waals surface area contributed by atoms with Crippen molar-refractivity contribution >= 4 is 17.0 Å². The quantitative estimate of drug-likeness (QED) is 0.920. The van der Waals surface area contributed by atoms with E-state index in [1.165, 1.54) is 0 Å². The molecular weight excluding hydrogens is 242 g/mol. The van der Waals surface area contributed by atoms with Crippen LogP contribution in [0.15, 0.2) is 22.7 Å². The Kier molecular flexibility index (Phi) is 4.04. The molecule has 1 heterocycles. The molecule has 2 rings (SSSR count). The number of amides is 2. The minimum absolute atomic E-state index is 0.0752. The molecule has 0 spiro atoms. The van der Waals surface area contributed by atoms with E-state index in [2.05, 4.69) is 10.5 Å². The number of benzene rings is 1. The normalized spacial score (nSPS) is 10.7. The van der Waals surface area contributed by atoms with Crippen LogP contribution >= 0.6 is 0 Å². The second kappa shape index (κ2) is 5.73. The zero-order valence-electron chi connectivity index (χ0n) is 11.6. The summed E-state index contributed by atoms with van der Waals surface area (Å²) in [5.41, 5.74) is 2.66. The molecule has 102 valence electrons. The van der Waals surface area contributed by atoms with E-state index in [4.69, 9.17) is 4.52 Å². The average molecular weight is 261 g/mol. The van der Waals surface area contributed by atoms with Gasteiger partial charge in [0.05, 0.1) is 6.54 Å². The van der Waals surface area contributed by atoms with Crippen LogP contribution < -0.4 is 5.32 Å². The van der Waals surface area contributed by atoms with Gasteiger partial charge in [-0.15, -0.1) is 0 Å². The SMILES string of the molecule is CCN(CC)C(=O)NCc1noc2ccc(C)cc12. The van der Waals surface area contributed by atoms with Crippen LogP contribution in [-0.2, 0) is 6.54 Å². The molecule has 5 heteroatoms. The van der Waals surface area contributed by atoms with Gasteiger partial charge in [0.1, 0.15) is 5.69 Å². The summed E-state index contributed by atoms with van der Waals surface area (Å²) in [5, 5.41) is 7.83. The molecule has 2 amide bonds. The number of aromatic nitrogens is 1. The lowest BCUT2D eigenvalue weighted by Crippen LogP contribution is -2.39. The number of nitrogens with zero attached hydrogens (tertiary/aromatic N) is 2. The van der Waals surface area contributed by atoms with Crippen LogP contribution in [-0.4, -0.2) is 29.2 Å². The molecule has 0 atom stereocenters. The van der Waals surface area contributed by atoms with Gasteiger partial charge in [-0.2, -0.15) is 0 Å². The van der Waals surface area contributed by atoms with Gasteiger partial charge in [0.25, 0.3) is 0 Å². The van der Waals surface area contributed by atoms with Crippen molar-refractivity contribution in [3.63, 3.8) is 0 Å². The summed E-state index contributed by atoms with van der Waals surface area (Å²) >= 11 is 0. The molecule has 0 unspecified atom stereocenters. The van der Waals surface area contributed by atoms with Crippen LogP contribution in [0.3, 0.4) is 0 Å². The molecule has 1 aromatic carbocycles. The Morgan fingerprint density at radius 3 is 2.79 bits per heavy atom. The highest BCUT2D eigenvalue weighted by Crippen LogP contribution is 2.19. The molecule has 19 heavy (non-hydrogen) atoms. The summed E-state index contributed by atoms with van der Waals surface area (Å²) in [7, 11) is 0. The van der Waals surface area contributed by atoms with E-state index in [1.807, 2.05) is 39.0 Å². The molecule has 0 aliphatic heterocycles. The van der Waals surface area contributed by atoms with Crippen molar-refractivity contribution < 1.29 is 9.32 Å². The predicted molar refractivity (Wildman–Crippen MR) is 73.9 cm³/mol. The van der Waals surface area contributed by atoms with Crippen LogP contribution in [0.2, 0.25) is 0 Å². The Labute approximate surface area is 112 Å². The molecular formula is C14H19N3O2. The number of urea groups is 1. The maximum Gasteiger partial charge on any atom is 0.317 e. The Hall–Kier alpha value is -2.04. The Morgan fingerprint density at radius 1 is 1.37 bits per heavy atom. The van der Waals surface area contributed by atoms with E-state index in [0.717, 1.165) is 22.2 Å². The first-order chi connectivity index (χ1) is 9.15. The summed E-state index contributed by atoms with van der Waals surface area (Å²) in [5.74, 6) is 0. The summed E-state index contributed by atoms with van der Waals surface area (Å²) in [4.78, 5) is 13.6. The zero-order valence-corrected chi connectivity index (χ0v) is 11.6. The number of carbonyl (C=O) groups excluding carboxylic acids is 1. The predicted octanol–water partition coefficient (Wildman–Crippen LogP) is 2.69. The van der Waals surface area contributed by atoms with Gasteiger partial charge in [0, 0.05) is 18.5 Å². The standard InChI is InChI=1S/C14H19N3O2/c1-4-17(5-2)14(18)15-9-12-11-8-10(3)6-7-13(11)19-16-12/h6-8H,4-5,9H2,1-3H3,(H,15,18). The molecule has 2 aromatic rings. The third-order valence-corrected chi connectivity index (χ3v) is 3.16. The Bertz CT molecular complexity index is 573. The van der Waals surface area contributed by atoms with Crippen molar-refractivity contribution in [2.24, 2.45) is 0 Å². The van der Waals surface area contributed by atoms with E-state index < -0.39 is 0 Å². The van der Waals surface area contributed by atoms with Gasteiger partial charge >= 0.3 is 6.03 Å².